The summed E-state index contributed by atoms with van der Waals surface area (Å²) >= 11 is 0. The molecule has 0 aliphatic heterocycles. The first-order chi connectivity index (χ1) is 9.35. The Morgan fingerprint density at radius 2 is 2.00 bits per heavy atom. The van der Waals surface area contributed by atoms with Crippen molar-refractivity contribution < 1.29 is 9.53 Å². The Morgan fingerprint density at radius 1 is 1.30 bits per heavy atom. The molecule has 3 nitrogen and oxygen atoms in total. The van der Waals surface area contributed by atoms with Gasteiger partial charge in [0.05, 0.1) is 6.10 Å². The molecule has 1 amide bonds. The summed E-state index contributed by atoms with van der Waals surface area (Å²) in [5.41, 5.74) is 0. The minimum Gasteiger partial charge on any atom is -0.369 e. The van der Waals surface area contributed by atoms with E-state index in [0.29, 0.717) is 0 Å². The molecule has 0 heterocycles. The summed E-state index contributed by atoms with van der Waals surface area (Å²) in [6, 6.07) is 1.12. The van der Waals surface area contributed by atoms with E-state index in [1.807, 2.05) is 13.0 Å². The van der Waals surface area contributed by atoms with Crippen LogP contribution in [0, 0.1) is 0 Å². The highest BCUT2D eigenvalue weighted by atomic mass is 28.3. The third-order valence-electron chi connectivity index (χ3n) is 3.22. The van der Waals surface area contributed by atoms with E-state index in [1.165, 1.54) is 12.8 Å². The summed E-state index contributed by atoms with van der Waals surface area (Å²) in [4.78, 5) is 11.6. The van der Waals surface area contributed by atoms with E-state index in [4.69, 9.17) is 4.74 Å². The molecule has 0 saturated carbocycles. The third kappa shape index (κ3) is 13.8. The summed E-state index contributed by atoms with van der Waals surface area (Å²) in [6.07, 6.45) is 7.82. The highest BCUT2D eigenvalue weighted by Gasteiger charge is 2.13. The minimum absolute atomic E-state index is 0.0155. The standard InChI is InChI=1S/C16H33NO2Si/c1-6-7-8-9-10-11-15(2)19-14-16(18)17-12-13-20(3,4)5/h6,15H,1,7-14H2,2-5H3,(H,17,18). The summed E-state index contributed by atoms with van der Waals surface area (Å²) in [5.74, 6) is 0.0155. The lowest BCUT2D eigenvalue weighted by Crippen LogP contribution is -2.33. The summed E-state index contributed by atoms with van der Waals surface area (Å²) in [6.45, 7) is 13.7. The van der Waals surface area contributed by atoms with Gasteiger partial charge in [-0.15, -0.1) is 6.58 Å². The van der Waals surface area contributed by atoms with E-state index in [1.54, 1.807) is 0 Å². The number of nitrogens with one attached hydrogen (secondary N) is 1. The molecule has 118 valence electrons. The Labute approximate surface area is 126 Å². The Kier molecular flexibility index (Phi) is 10.8. The molecule has 0 aliphatic rings. The zero-order valence-corrected chi connectivity index (χ0v) is 14.8. The van der Waals surface area contributed by atoms with E-state index in [2.05, 4.69) is 31.5 Å². The quantitative estimate of drug-likeness (QED) is 0.336. The first kappa shape index (κ1) is 19.4. The van der Waals surface area contributed by atoms with E-state index in [9.17, 15) is 4.79 Å². The van der Waals surface area contributed by atoms with Gasteiger partial charge in [0.2, 0.25) is 5.91 Å². The molecule has 0 aromatic rings. The van der Waals surface area contributed by atoms with Gasteiger partial charge in [0, 0.05) is 14.6 Å². The average Bonchev–Trinajstić information content (AvgIpc) is 2.34. The van der Waals surface area contributed by atoms with Crippen LogP contribution in [0.25, 0.3) is 0 Å². The van der Waals surface area contributed by atoms with Crippen LogP contribution in [0.2, 0.25) is 25.7 Å². The first-order valence-electron chi connectivity index (χ1n) is 7.84. The molecule has 1 unspecified atom stereocenters. The maximum Gasteiger partial charge on any atom is 0.246 e. The molecular formula is C16H33NO2Si. The molecule has 20 heavy (non-hydrogen) atoms. The van der Waals surface area contributed by atoms with Crippen molar-refractivity contribution in [2.75, 3.05) is 13.2 Å². The zero-order valence-electron chi connectivity index (χ0n) is 13.8. The number of rotatable bonds is 12. The molecule has 0 fully saturated rings. The van der Waals surface area contributed by atoms with Crippen molar-refractivity contribution in [3.63, 3.8) is 0 Å². The second kappa shape index (κ2) is 11.1. The number of carbonyl (C=O) groups excluding carboxylic acids is 1. The van der Waals surface area contributed by atoms with Crippen LogP contribution >= 0.6 is 0 Å². The van der Waals surface area contributed by atoms with E-state index in [-0.39, 0.29) is 18.6 Å². The van der Waals surface area contributed by atoms with Crippen molar-refractivity contribution in [2.24, 2.45) is 0 Å². The largest absolute Gasteiger partial charge is 0.369 e. The van der Waals surface area contributed by atoms with Gasteiger partial charge in [0.15, 0.2) is 0 Å². The van der Waals surface area contributed by atoms with Crippen LogP contribution in [0.15, 0.2) is 12.7 Å². The molecule has 0 aliphatic carbocycles. The van der Waals surface area contributed by atoms with Crippen molar-refractivity contribution >= 4 is 14.0 Å². The lowest BCUT2D eigenvalue weighted by molar-refractivity contribution is -0.127. The monoisotopic (exact) mass is 299 g/mol. The lowest BCUT2D eigenvalue weighted by atomic mass is 10.1. The van der Waals surface area contributed by atoms with E-state index >= 15 is 0 Å². The maximum absolute atomic E-state index is 11.6. The van der Waals surface area contributed by atoms with Gasteiger partial charge in [-0.3, -0.25) is 4.79 Å². The molecular weight excluding hydrogens is 266 g/mol. The highest BCUT2D eigenvalue weighted by Crippen LogP contribution is 2.08. The van der Waals surface area contributed by atoms with E-state index < -0.39 is 8.07 Å². The van der Waals surface area contributed by atoms with Crippen molar-refractivity contribution in [1.29, 1.82) is 0 Å². The molecule has 0 rings (SSSR count). The highest BCUT2D eigenvalue weighted by molar-refractivity contribution is 6.76. The van der Waals surface area contributed by atoms with Crippen LogP contribution in [0.5, 0.6) is 0 Å². The molecule has 0 aromatic carbocycles. The Balaban J connectivity index is 3.50. The number of amides is 1. The van der Waals surface area contributed by atoms with Crippen LogP contribution < -0.4 is 5.32 Å². The van der Waals surface area contributed by atoms with Gasteiger partial charge in [0.1, 0.15) is 6.61 Å². The predicted molar refractivity (Wildman–Crippen MR) is 89.9 cm³/mol. The number of ether oxygens (including phenoxy) is 1. The molecule has 0 saturated heterocycles. The Hall–Kier alpha value is -0.613. The minimum atomic E-state index is -1.06. The zero-order chi connectivity index (χ0) is 15.4. The molecule has 0 radical (unpaired) electrons. The SMILES string of the molecule is C=CCCCCCC(C)OCC(=O)NCC[Si](C)(C)C. The second-order valence-electron chi connectivity index (χ2n) is 6.71. The molecule has 1 atom stereocenters. The van der Waals surface area contributed by atoms with Crippen molar-refractivity contribution in [2.45, 2.75) is 70.8 Å². The maximum atomic E-state index is 11.6. The van der Waals surface area contributed by atoms with Crippen LogP contribution in [-0.2, 0) is 9.53 Å². The van der Waals surface area contributed by atoms with Gasteiger partial charge >= 0.3 is 0 Å². The van der Waals surface area contributed by atoms with Gasteiger partial charge in [-0.25, -0.2) is 0 Å². The summed E-state index contributed by atoms with van der Waals surface area (Å²) in [7, 11) is -1.06. The molecule has 0 aromatic heterocycles. The van der Waals surface area contributed by atoms with Crippen LogP contribution in [0.3, 0.4) is 0 Å². The van der Waals surface area contributed by atoms with Crippen LogP contribution in [0.1, 0.15) is 39.0 Å². The fourth-order valence-corrected chi connectivity index (χ4v) is 2.70. The van der Waals surface area contributed by atoms with Crippen LogP contribution in [-0.4, -0.2) is 33.2 Å². The molecule has 1 N–H and O–H groups in total. The molecule has 0 bridgehead atoms. The number of unbranched alkanes of at least 4 members (excludes halogenated alkanes) is 3. The summed E-state index contributed by atoms with van der Waals surface area (Å²) < 4.78 is 5.57. The first-order valence-corrected chi connectivity index (χ1v) is 11.5. The van der Waals surface area contributed by atoms with Gasteiger partial charge in [-0.1, -0.05) is 38.6 Å². The Bertz CT molecular complexity index is 274. The van der Waals surface area contributed by atoms with Crippen molar-refractivity contribution in [1.82, 2.24) is 5.32 Å². The normalized spacial score (nSPS) is 13.0. The summed E-state index contributed by atoms with van der Waals surface area (Å²) in [5, 5.41) is 2.94. The number of hydrogen-bond donors (Lipinski definition) is 1. The van der Waals surface area contributed by atoms with E-state index in [0.717, 1.165) is 31.9 Å². The lowest BCUT2D eigenvalue weighted by Gasteiger charge is -2.16. The average molecular weight is 300 g/mol. The molecule has 4 heteroatoms. The smallest absolute Gasteiger partial charge is 0.246 e. The predicted octanol–water partition coefficient (Wildman–Crippen LogP) is 3.98. The van der Waals surface area contributed by atoms with Crippen molar-refractivity contribution in [3.8, 4) is 0 Å². The van der Waals surface area contributed by atoms with Crippen molar-refractivity contribution in [3.05, 3.63) is 12.7 Å². The number of carbonyl (C=O) groups is 1. The fraction of sp³-hybridized carbons (Fsp3) is 0.812. The van der Waals surface area contributed by atoms with Gasteiger partial charge in [-0.05, 0) is 32.2 Å². The molecule has 0 spiro atoms. The third-order valence-corrected chi connectivity index (χ3v) is 4.97. The fourth-order valence-electron chi connectivity index (χ4n) is 1.83. The van der Waals surface area contributed by atoms with Crippen LogP contribution in [0.4, 0.5) is 0 Å². The Morgan fingerprint density at radius 3 is 2.60 bits per heavy atom. The second-order valence-corrected chi connectivity index (χ2v) is 12.3. The van der Waals surface area contributed by atoms with Gasteiger partial charge < -0.3 is 10.1 Å². The number of hydrogen-bond acceptors (Lipinski definition) is 2. The number of allylic oxidation sites excluding steroid dienone is 1. The topological polar surface area (TPSA) is 38.3 Å². The van der Waals surface area contributed by atoms with Gasteiger partial charge in [-0.2, -0.15) is 0 Å². The van der Waals surface area contributed by atoms with Gasteiger partial charge in [0.25, 0.3) is 0 Å².